The molecule has 1 N–H and O–H groups in total. The largest absolute Gasteiger partial charge is 0.335 e. The molecule has 2 rings (SSSR count). The normalized spacial score (nSPS) is 10.6. The van der Waals surface area contributed by atoms with Crippen molar-refractivity contribution in [3.8, 4) is 0 Å². The summed E-state index contributed by atoms with van der Waals surface area (Å²) in [4.78, 5) is 15.6. The highest BCUT2D eigenvalue weighted by Gasteiger charge is 2.09. The van der Waals surface area contributed by atoms with E-state index in [0.717, 1.165) is 49.1 Å². The molecule has 5 nitrogen and oxygen atoms in total. The lowest BCUT2D eigenvalue weighted by atomic mass is 10.3. The monoisotopic (exact) mass is 285 g/mol. The Morgan fingerprint density at radius 2 is 1.90 bits per heavy atom. The van der Waals surface area contributed by atoms with Crippen molar-refractivity contribution in [3.05, 3.63) is 47.5 Å². The Labute approximate surface area is 126 Å². The smallest absolute Gasteiger partial charge is 0.225 e. The van der Waals surface area contributed by atoms with Crippen LogP contribution >= 0.6 is 0 Å². The molecular weight excluding hydrogens is 262 g/mol. The van der Waals surface area contributed by atoms with E-state index in [4.69, 9.17) is 0 Å². The van der Waals surface area contributed by atoms with Crippen LogP contribution in [0, 0.1) is 6.92 Å². The van der Waals surface area contributed by atoms with Crippen molar-refractivity contribution in [1.29, 1.82) is 0 Å². The van der Waals surface area contributed by atoms with Gasteiger partial charge in [0.05, 0.1) is 12.2 Å². The number of pyridine rings is 1. The number of nitrogens with zero attached hydrogens (tertiary/aromatic N) is 4. The molecule has 0 amide bonds. The summed E-state index contributed by atoms with van der Waals surface area (Å²) in [6.07, 6.45) is 3.77. The molecule has 0 fully saturated rings. The molecule has 0 atom stereocenters. The zero-order chi connectivity index (χ0) is 15.1. The zero-order valence-electron chi connectivity index (χ0n) is 13.0. The number of rotatable bonds is 7. The first-order valence-electron chi connectivity index (χ1n) is 7.42. The van der Waals surface area contributed by atoms with Crippen LogP contribution in [0.15, 0.2) is 30.6 Å². The highest BCUT2D eigenvalue weighted by molar-refractivity contribution is 5.31. The van der Waals surface area contributed by atoms with E-state index in [2.05, 4.69) is 39.0 Å². The zero-order valence-corrected chi connectivity index (χ0v) is 13.0. The molecule has 2 heterocycles. The van der Waals surface area contributed by atoms with Gasteiger partial charge < -0.3 is 10.2 Å². The maximum absolute atomic E-state index is 4.54. The van der Waals surface area contributed by atoms with Gasteiger partial charge in [-0.1, -0.05) is 13.0 Å². The van der Waals surface area contributed by atoms with Crippen LogP contribution < -0.4 is 10.2 Å². The standard InChI is InChI=1S/C16H23N5/c1-4-17-9-14-10-18-16(19-11-14)21(5-2)12-15-8-6-7-13(3)20-15/h6-8,10-11,17H,4-5,9,12H2,1-3H3. The van der Waals surface area contributed by atoms with Gasteiger partial charge in [-0.2, -0.15) is 0 Å². The van der Waals surface area contributed by atoms with E-state index in [1.807, 2.05) is 37.5 Å². The van der Waals surface area contributed by atoms with Crippen LogP contribution in [0.1, 0.15) is 30.8 Å². The lowest BCUT2D eigenvalue weighted by molar-refractivity contribution is 0.716. The van der Waals surface area contributed by atoms with E-state index in [0.29, 0.717) is 0 Å². The van der Waals surface area contributed by atoms with Crippen molar-refractivity contribution in [3.63, 3.8) is 0 Å². The SMILES string of the molecule is CCNCc1cnc(N(CC)Cc2cccc(C)n2)nc1. The van der Waals surface area contributed by atoms with Crippen molar-refractivity contribution in [1.82, 2.24) is 20.3 Å². The summed E-state index contributed by atoms with van der Waals surface area (Å²) >= 11 is 0. The van der Waals surface area contributed by atoms with Crippen LogP contribution in [0.25, 0.3) is 0 Å². The van der Waals surface area contributed by atoms with Crippen LogP contribution in [0.3, 0.4) is 0 Å². The van der Waals surface area contributed by atoms with Gasteiger partial charge in [0.2, 0.25) is 5.95 Å². The summed E-state index contributed by atoms with van der Waals surface area (Å²) in [5, 5.41) is 3.27. The van der Waals surface area contributed by atoms with Crippen LogP contribution in [0.5, 0.6) is 0 Å². The van der Waals surface area contributed by atoms with Gasteiger partial charge in [0.25, 0.3) is 0 Å². The molecule has 0 aromatic carbocycles. The van der Waals surface area contributed by atoms with Gasteiger partial charge in [0, 0.05) is 36.7 Å². The maximum atomic E-state index is 4.54. The number of hydrogen-bond donors (Lipinski definition) is 1. The molecule has 5 heteroatoms. The van der Waals surface area contributed by atoms with Gasteiger partial charge in [-0.05, 0) is 32.5 Å². The van der Waals surface area contributed by atoms with Gasteiger partial charge in [0.1, 0.15) is 0 Å². The summed E-state index contributed by atoms with van der Waals surface area (Å²) in [5.41, 5.74) is 3.17. The Bertz CT molecular complexity index is 553. The molecule has 0 unspecified atom stereocenters. The number of hydrogen-bond acceptors (Lipinski definition) is 5. The molecule has 0 saturated heterocycles. The summed E-state index contributed by atoms with van der Waals surface area (Å²) in [7, 11) is 0. The predicted octanol–water partition coefficient (Wildman–Crippen LogP) is 2.32. The molecule has 2 aromatic rings. The lowest BCUT2D eigenvalue weighted by Gasteiger charge is -2.20. The van der Waals surface area contributed by atoms with Crippen LogP contribution in [0.2, 0.25) is 0 Å². The summed E-state index contributed by atoms with van der Waals surface area (Å²) in [5.74, 6) is 0.751. The topological polar surface area (TPSA) is 53.9 Å². The second-order valence-corrected chi connectivity index (χ2v) is 4.96. The van der Waals surface area contributed by atoms with Crippen LogP contribution in [-0.2, 0) is 13.1 Å². The van der Waals surface area contributed by atoms with Crippen LogP contribution in [0.4, 0.5) is 5.95 Å². The Kier molecular flexibility index (Phi) is 5.63. The van der Waals surface area contributed by atoms with Gasteiger partial charge in [-0.3, -0.25) is 4.98 Å². The summed E-state index contributed by atoms with van der Waals surface area (Å²) in [6.45, 7) is 9.53. The minimum Gasteiger partial charge on any atom is -0.335 e. The number of nitrogens with one attached hydrogen (secondary N) is 1. The number of anilines is 1. The average molecular weight is 285 g/mol. The third-order valence-corrected chi connectivity index (χ3v) is 3.23. The van der Waals surface area contributed by atoms with Crippen LogP contribution in [-0.4, -0.2) is 28.0 Å². The first-order chi connectivity index (χ1) is 10.2. The van der Waals surface area contributed by atoms with Gasteiger partial charge in [-0.25, -0.2) is 9.97 Å². The van der Waals surface area contributed by atoms with Gasteiger partial charge in [0.15, 0.2) is 0 Å². The highest BCUT2D eigenvalue weighted by atomic mass is 15.2. The van der Waals surface area contributed by atoms with Crippen molar-refractivity contribution in [2.24, 2.45) is 0 Å². The minimum absolute atomic E-state index is 0.727. The van der Waals surface area contributed by atoms with E-state index in [1.54, 1.807) is 0 Å². The quantitative estimate of drug-likeness (QED) is 0.846. The Hall–Kier alpha value is -2.01. The van der Waals surface area contributed by atoms with E-state index >= 15 is 0 Å². The fourth-order valence-electron chi connectivity index (χ4n) is 2.08. The predicted molar refractivity (Wildman–Crippen MR) is 85.1 cm³/mol. The Morgan fingerprint density at radius 1 is 1.14 bits per heavy atom. The Balaban J connectivity index is 2.06. The molecule has 0 saturated carbocycles. The summed E-state index contributed by atoms with van der Waals surface area (Å²) < 4.78 is 0. The molecule has 0 aliphatic heterocycles. The molecule has 112 valence electrons. The minimum atomic E-state index is 0.727. The lowest BCUT2D eigenvalue weighted by Crippen LogP contribution is -2.25. The molecule has 0 spiro atoms. The van der Waals surface area contributed by atoms with Crippen molar-refractivity contribution >= 4 is 5.95 Å². The van der Waals surface area contributed by atoms with Crippen molar-refractivity contribution in [2.75, 3.05) is 18.0 Å². The third-order valence-electron chi connectivity index (χ3n) is 3.23. The highest BCUT2D eigenvalue weighted by Crippen LogP contribution is 2.11. The van der Waals surface area contributed by atoms with Crippen molar-refractivity contribution in [2.45, 2.75) is 33.9 Å². The number of aryl methyl sites for hydroxylation is 1. The molecule has 2 aromatic heterocycles. The summed E-state index contributed by atoms with van der Waals surface area (Å²) in [6, 6.07) is 6.08. The average Bonchev–Trinajstić information content (AvgIpc) is 2.51. The second kappa shape index (κ2) is 7.69. The molecule has 0 aliphatic rings. The fraction of sp³-hybridized carbons (Fsp3) is 0.438. The molecule has 0 bridgehead atoms. The first kappa shape index (κ1) is 15.4. The van der Waals surface area contributed by atoms with E-state index < -0.39 is 0 Å². The molecular formula is C16H23N5. The van der Waals surface area contributed by atoms with Gasteiger partial charge in [-0.15, -0.1) is 0 Å². The third kappa shape index (κ3) is 4.49. The molecule has 21 heavy (non-hydrogen) atoms. The first-order valence-corrected chi connectivity index (χ1v) is 7.42. The maximum Gasteiger partial charge on any atom is 0.225 e. The molecule has 0 aliphatic carbocycles. The number of aromatic nitrogens is 3. The van der Waals surface area contributed by atoms with Gasteiger partial charge >= 0.3 is 0 Å². The molecule has 0 radical (unpaired) electrons. The van der Waals surface area contributed by atoms with E-state index in [1.165, 1.54) is 0 Å². The van der Waals surface area contributed by atoms with Crippen molar-refractivity contribution < 1.29 is 0 Å². The van der Waals surface area contributed by atoms with E-state index in [-0.39, 0.29) is 0 Å². The Morgan fingerprint density at radius 3 is 2.52 bits per heavy atom. The van der Waals surface area contributed by atoms with E-state index in [9.17, 15) is 0 Å². The fourth-order valence-corrected chi connectivity index (χ4v) is 2.08. The second-order valence-electron chi connectivity index (χ2n) is 4.96.